The maximum atomic E-state index is 11.7. The standard InChI is InChI=1S/C14H24N2O2/c1-2-15-12(11-6-4-3-5-7-11)10-16-13(17)8-9-14(16)18/h11-12,15H,2-10H2,1H3. The molecule has 1 N–H and O–H groups in total. The Kier molecular flexibility index (Phi) is 4.75. The SMILES string of the molecule is CCNC(CN1C(=O)CCC1=O)C1CCCCC1. The van der Waals surface area contributed by atoms with Crippen LogP contribution in [0.25, 0.3) is 0 Å². The summed E-state index contributed by atoms with van der Waals surface area (Å²) >= 11 is 0. The molecule has 0 radical (unpaired) electrons. The topological polar surface area (TPSA) is 49.4 Å². The highest BCUT2D eigenvalue weighted by molar-refractivity contribution is 6.01. The van der Waals surface area contributed by atoms with E-state index in [1.807, 2.05) is 0 Å². The molecule has 0 bridgehead atoms. The summed E-state index contributed by atoms with van der Waals surface area (Å²) in [5, 5.41) is 3.47. The Morgan fingerprint density at radius 3 is 2.33 bits per heavy atom. The van der Waals surface area contributed by atoms with Crippen LogP contribution in [0.5, 0.6) is 0 Å². The van der Waals surface area contributed by atoms with E-state index in [-0.39, 0.29) is 11.8 Å². The van der Waals surface area contributed by atoms with Gasteiger partial charge in [0, 0.05) is 25.4 Å². The number of nitrogens with one attached hydrogen (secondary N) is 1. The first kappa shape index (κ1) is 13.5. The lowest BCUT2D eigenvalue weighted by Gasteiger charge is -2.33. The maximum Gasteiger partial charge on any atom is 0.229 e. The zero-order valence-corrected chi connectivity index (χ0v) is 11.3. The van der Waals surface area contributed by atoms with E-state index in [0.717, 1.165) is 6.54 Å². The number of nitrogens with zero attached hydrogens (tertiary/aromatic N) is 1. The Morgan fingerprint density at radius 1 is 1.17 bits per heavy atom. The fraction of sp³-hybridized carbons (Fsp3) is 0.857. The van der Waals surface area contributed by atoms with Gasteiger partial charge >= 0.3 is 0 Å². The Morgan fingerprint density at radius 2 is 1.78 bits per heavy atom. The number of carbonyl (C=O) groups excluding carboxylic acids is 2. The highest BCUT2D eigenvalue weighted by atomic mass is 16.2. The number of likely N-dealkylation sites (N-methyl/N-ethyl adjacent to an activating group) is 1. The van der Waals surface area contributed by atoms with E-state index in [0.29, 0.717) is 31.3 Å². The van der Waals surface area contributed by atoms with Crippen molar-refractivity contribution < 1.29 is 9.59 Å². The highest BCUT2D eigenvalue weighted by Crippen LogP contribution is 2.27. The van der Waals surface area contributed by atoms with E-state index < -0.39 is 0 Å². The summed E-state index contributed by atoms with van der Waals surface area (Å²) in [5.41, 5.74) is 0. The van der Waals surface area contributed by atoms with E-state index in [1.165, 1.54) is 37.0 Å². The molecule has 1 aliphatic carbocycles. The van der Waals surface area contributed by atoms with Gasteiger partial charge in [0.15, 0.2) is 0 Å². The first-order valence-corrected chi connectivity index (χ1v) is 7.29. The molecule has 4 nitrogen and oxygen atoms in total. The molecule has 2 rings (SSSR count). The molecule has 18 heavy (non-hydrogen) atoms. The molecule has 0 spiro atoms. The van der Waals surface area contributed by atoms with Crippen molar-refractivity contribution in [3.63, 3.8) is 0 Å². The van der Waals surface area contributed by atoms with Gasteiger partial charge in [0.25, 0.3) is 0 Å². The lowest BCUT2D eigenvalue weighted by atomic mass is 9.83. The number of amides is 2. The summed E-state index contributed by atoms with van der Waals surface area (Å²) in [6.45, 7) is 3.57. The zero-order chi connectivity index (χ0) is 13.0. The number of imide groups is 1. The van der Waals surface area contributed by atoms with Crippen molar-refractivity contribution in [3.05, 3.63) is 0 Å². The minimum absolute atomic E-state index is 0.0127. The molecule has 0 aromatic heterocycles. The van der Waals surface area contributed by atoms with E-state index in [4.69, 9.17) is 0 Å². The molecule has 0 aromatic carbocycles. The van der Waals surface area contributed by atoms with Gasteiger partial charge in [-0.15, -0.1) is 0 Å². The number of carbonyl (C=O) groups is 2. The normalized spacial score (nSPS) is 23.7. The van der Waals surface area contributed by atoms with Gasteiger partial charge in [0.05, 0.1) is 0 Å². The van der Waals surface area contributed by atoms with Crippen molar-refractivity contribution >= 4 is 11.8 Å². The first-order valence-electron chi connectivity index (χ1n) is 7.29. The third kappa shape index (κ3) is 3.10. The first-order chi connectivity index (χ1) is 8.72. The molecule has 4 heteroatoms. The molecule has 102 valence electrons. The van der Waals surface area contributed by atoms with Gasteiger partial charge in [-0.3, -0.25) is 14.5 Å². The van der Waals surface area contributed by atoms with Gasteiger partial charge in [-0.1, -0.05) is 26.2 Å². The Bertz CT molecular complexity index is 295. The van der Waals surface area contributed by atoms with Crippen molar-refractivity contribution in [2.75, 3.05) is 13.1 Å². The van der Waals surface area contributed by atoms with Crippen molar-refractivity contribution in [3.8, 4) is 0 Å². The third-order valence-corrected chi connectivity index (χ3v) is 4.22. The van der Waals surface area contributed by atoms with Gasteiger partial charge in [0.1, 0.15) is 0 Å². The van der Waals surface area contributed by atoms with E-state index in [2.05, 4.69) is 12.2 Å². The van der Waals surface area contributed by atoms with Crippen molar-refractivity contribution in [1.82, 2.24) is 10.2 Å². The molecule has 1 heterocycles. The van der Waals surface area contributed by atoms with Gasteiger partial charge in [0.2, 0.25) is 11.8 Å². The van der Waals surface area contributed by atoms with Gasteiger partial charge in [-0.2, -0.15) is 0 Å². The number of rotatable bonds is 5. The summed E-state index contributed by atoms with van der Waals surface area (Å²) in [6.07, 6.45) is 7.17. The molecule has 1 saturated carbocycles. The molecule has 2 fully saturated rings. The van der Waals surface area contributed by atoms with E-state index in [9.17, 15) is 9.59 Å². The van der Waals surface area contributed by atoms with Gasteiger partial charge < -0.3 is 5.32 Å². The van der Waals surface area contributed by atoms with Crippen molar-refractivity contribution in [1.29, 1.82) is 0 Å². The average Bonchev–Trinajstić information content (AvgIpc) is 2.71. The summed E-state index contributed by atoms with van der Waals surface area (Å²) in [4.78, 5) is 24.8. The molecular formula is C14H24N2O2. The van der Waals surface area contributed by atoms with E-state index in [1.54, 1.807) is 0 Å². The second-order valence-corrected chi connectivity index (χ2v) is 5.46. The lowest BCUT2D eigenvalue weighted by Crippen LogP contribution is -2.47. The second kappa shape index (κ2) is 6.32. The Hall–Kier alpha value is -0.900. The van der Waals surface area contributed by atoms with Gasteiger partial charge in [-0.25, -0.2) is 0 Å². The van der Waals surface area contributed by atoms with Crippen LogP contribution in [0.15, 0.2) is 0 Å². The van der Waals surface area contributed by atoms with Crippen molar-refractivity contribution in [2.24, 2.45) is 5.92 Å². The van der Waals surface area contributed by atoms with E-state index >= 15 is 0 Å². The van der Waals surface area contributed by atoms with Crippen LogP contribution in [-0.4, -0.2) is 35.8 Å². The minimum Gasteiger partial charge on any atom is -0.312 e. The molecule has 2 amide bonds. The lowest BCUT2D eigenvalue weighted by molar-refractivity contribution is -0.139. The van der Waals surface area contributed by atoms with Crippen LogP contribution < -0.4 is 5.32 Å². The fourth-order valence-electron chi connectivity index (χ4n) is 3.20. The van der Waals surface area contributed by atoms with Crippen LogP contribution in [0.2, 0.25) is 0 Å². The maximum absolute atomic E-state index is 11.7. The molecule has 1 aliphatic heterocycles. The van der Waals surface area contributed by atoms with Crippen LogP contribution in [0.3, 0.4) is 0 Å². The van der Waals surface area contributed by atoms with Crippen LogP contribution in [0, 0.1) is 5.92 Å². The van der Waals surface area contributed by atoms with Crippen LogP contribution in [0.1, 0.15) is 51.9 Å². The van der Waals surface area contributed by atoms with Crippen molar-refractivity contribution in [2.45, 2.75) is 57.9 Å². The smallest absolute Gasteiger partial charge is 0.229 e. The predicted octanol–water partition coefficient (Wildman–Crippen LogP) is 1.69. The molecule has 1 atom stereocenters. The number of hydrogen-bond donors (Lipinski definition) is 1. The largest absolute Gasteiger partial charge is 0.312 e. The van der Waals surface area contributed by atoms with Crippen LogP contribution >= 0.6 is 0 Å². The van der Waals surface area contributed by atoms with Gasteiger partial charge in [-0.05, 0) is 25.3 Å². The minimum atomic E-state index is 0.0127. The number of hydrogen-bond acceptors (Lipinski definition) is 3. The van der Waals surface area contributed by atoms with Crippen LogP contribution in [0.4, 0.5) is 0 Å². The third-order valence-electron chi connectivity index (χ3n) is 4.22. The monoisotopic (exact) mass is 252 g/mol. The summed E-state index contributed by atoms with van der Waals surface area (Å²) in [5.74, 6) is 0.650. The predicted molar refractivity (Wildman–Crippen MR) is 70.0 cm³/mol. The summed E-state index contributed by atoms with van der Waals surface area (Å²) < 4.78 is 0. The number of likely N-dealkylation sites (tertiary alicyclic amines) is 1. The quantitative estimate of drug-likeness (QED) is 0.758. The van der Waals surface area contributed by atoms with Crippen LogP contribution in [-0.2, 0) is 9.59 Å². The zero-order valence-electron chi connectivity index (χ0n) is 11.3. The molecule has 1 saturated heterocycles. The fourth-order valence-corrected chi connectivity index (χ4v) is 3.20. The Labute approximate surface area is 109 Å². The second-order valence-electron chi connectivity index (χ2n) is 5.46. The Balaban J connectivity index is 1.96. The average molecular weight is 252 g/mol. The highest BCUT2D eigenvalue weighted by Gasteiger charge is 2.33. The molecule has 0 aromatic rings. The molecule has 2 aliphatic rings. The molecular weight excluding hydrogens is 228 g/mol. The summed E-state index contributed by atoms with van der Waals surface area (Å²) in [7, 11) is 0. The molecule has 1 unspecified atom stereocenters. The summed E-state index contributed by atoms with van der Waals surface area (Å²) in [6, 6.07) is 0.293.